The molecule has 0 saturated carbocycles. The molecule has 0 aliphatic rings. The van der Waals surface area contributed by atoms with Crippen LogP contribution in [0.5, 0.6) is 5.75 Å². The van der Waals surface area contributed by atoms with E-state index in [1.54, 1.807) is 24.3 Å². The van der Waals surface area contributed by atoms with Crippen LogP contribution >= 0.6 is 0 Å². The van der Waals surface area contributed by atoms with Crippen molar-refractivity contribution in [3.8, 4) is 5.75 Å². The number of Topliss-reactive ketones (excluding diaryl/α,β-unsaturated/α-hetero) is 1. The standard InChI is InChI=1S/C14H15NO3/c1-9-8-14(18-15-9)11(3)17-13-6-4-12(5-7-13)10(2)16/h4-8,11H,1-3H3. The first-order valence-electron chi connectivity index (χ1n) is 5.77. The molecule has 0 saturated heterocycles. The van der Waals surface area contributed by atoms with Gasteiger partial charge in [-0.05, 0) is 45.0 Å². The molecule has 1 aromatic carbocycles. The number of rotatable bonds is 4. The summed E-state index contributed by atoms with van der Waals surface area (Å²) in [6, 6.07) is 8.88. The summed E-state index contributed by atoms with van der Waals surface area (Å²) < 4.78 is 10.8. The van der Waals surface area contributed by atoms with Crippen LogP contribution in [0.15, 0.2) is 34.9 Å². The fourth-order valence-electron chi connectivity index (χ4n) is 1.61. The smallest absolute Gasteiger partial charge is 0.177 e. The summed E-state index contributed by atoms with van der Waals surface area (Å²) in [4.78, 5) is 11.1. The molecule has 1 unspecified atom stereocenters. The highest BCUT2D eigenvalue weighted by Gasteiger charge is 2.12. The molecule has 4 heteroatoms. The maximum atomic E-state index is 11.1. The highest BCUT2D eigenvalue weighted by atomic mass is 16.5. The van der Waals surface area contributed by atoms with Gasteiger partial charge in [0, 0.05) is 11.6 Å². The maximum absolute atomic E-state index is 11.1. The highest BCUT2D eigenvalue weighted by Crippen LogP contribution is 2.22. The lowest BCUT2D eigenvalue weighted by Gasteiger charge is -2.11. The Bertz CT molecular complexity index is 542. The molecule has 0 bridgehead atoms. The lowest BCUT2D eigenvalue weighted by molar-refractivity contribution is 0.101. The van der Waals surface area contributed by atoms with Crippen LogP contribution in [0, 0.1) is 6.92 Å². The van der Waals surface area contributed by atoms with Crippen molar-refractivity contribution in [1.82, 2.24) is 5.16 Å². The van der Waals surface area contributed by atoms with E-state index in [0.29, 0.717) is 17.1 Å². The molecule has 4 nitrogen and oxygen atoms in total. The Kier molecular flexibility index (Phi) is 3.46. The lowest BCUT2D eigenvalue weighted by atomic mass is 10.1. The van der Waals surface area contributed by atoms with Crippen LogP contribution < -0.4 is 4.74 Å². The van der Waals surface area contributed by atoms with Crippen LogP contribution in [0.3, 0.4) is 0 Å². The predicted octanol–water partition coefficient (Wildman–Crippen LogP) is 3.33. The van der Waals surface area contributed by atoms with Crippen LogP contribution in [0.25, 0.3) is 0 Å². The molecular weight excluding hydrogens is 230 g/mol. The van der Waals surface area contributed by atoms with Crippen molar-refractivity contribution >= 4 is 5.78 Å². The Morgan fingerprint density at radius 2 is 2.00 bits per heavy atom. The van der Waals surface area contributed by atoms with Crippen molar-refractivity contribution in [2.75, 3.05) is 0 Å². The third-order valence-corrected chi connectivity index (χ3v) is 2.62. The number of carbonyl (C=O) groups is 1. The van der Waals surface area contributed by atoms with Crippen molar-refractivity contribution in [3.63, 3.8) is 0 Å². The topological polar surface area (TPSA) is 52.3 Å². The summed E-state index contributed by atoms with van der Waals surface area (Å²) >= 11 is 0. The van der Waals surface area contributed by atoms with Crippen molar-refractivity contribution < 1.29 is 14.1 Å². The Morgan fingerprint density at radius 3 is 2.50 bits per heavy atom. The summed E-state index contributed by atoms with van der Waals surface area (Å²) in [5.41, 5.74) is 1.50. The van der Waals surface area contributed by atoms with Gasteiger partial charge in [0.25, 0.3) is 0 Å². The van der Waals surface area contributed by atoms with Gasteiger partial charge in [0.1, 0.15) is 5.75 Å². The van der Waals surface area contributed by atoms with Gasteiger partial charge in [-0.25, -0.2) is 0 Å². The van der Waals surface area contributed by atoms with E-state index in [2.05, 4.69) is 5.16 Å². The molecule has 2 aromatic rings. The van der Waals surface area contributed by atoms with Crippen LogP contribution in [-0.2, 0) is 0 Å². The van der Waals surface area contributed by atoms with Gasteiger partial charge in [-0.15, -0.1) is 0 Å². The number of hydrogen-bond acceptors (Lipinski definition) is 4. The molecule has 0 amide bonds. The van der Waals surface area contributed by atoms with E-state index in [-0.39, 0.29) is 11.9 Å². The summed E-state index contributed by atoms with van der Waals surface area (Å²) in [5, 5.41) is 3.82. The second kappa shape index (κ2) is 5.04. The number of benzene rings is 1. The van der Waals surface area contributed by atoms with Crippen LogP contribution in [0.4, 0.5) is 0 Å². The third kappa shape index (κ3) is 2.77. The van der Waals surface area contributed by atoms with E-state index in [1.165, 1.54) is 6.92 Å². The van der Waals surface area contributed by atoms with Gasteiger partial charge in [-0.3, -0.25) is 4.79 Å². The Morgan fingerprint density at radius 1 is 1.33 bits per heavy atom. The first kappa shape index (κ1) is 12.4. The van der Waals surface area contributed by atoms with Gasteiger partial charge >= 0.3 is 0 Å². The lowest BCUT2D eigenvalue weighted by Crippen LogP contribution is -2.02. The molecule has 0 spiro atoms. The molecule has 1 heterocycles. The minimum absolute atomic E-state index is 0.0421. The molecular formula is C14H15NO3. The number of ketones is 1. The van der Waals surface area contributed by atoms with Crippen molar-refractivity contribution in [3.05, 3.63) is 47.3 Å². The number of hydrogen-bond donors (Lipinski definition) is 0. The average Bonchev–Trinajstić information content (AvgIpc) is 2.76. The van der Waals surface area contributed by atoms with Gasteiger partial charge < -0.3 is 9.26 Å². The molecule has 0 aliphatic carbocycles. The van der Waals surface area contributed by atoms with Gasteiger partial charge in [0.15, 0.2) is 17.6 Å². The monoisotopic (exact) mass is 245 g/mol. The quantitative estimate of drug-likeness (QED) is 0.775. The molecule has 1 atom stereocenters. The van der Waals surface area contributed by atoms with Crippen LogP contribution in [0.1, 0.15) is 41.8 Å². The van der Waals surface area contributed by atoms with Gasteiger partial charge in [-0.2, -0.15) is 0 Å². The second-order valence-corrected chi connectivity index (χ2v) is 4.21. The van der Waals surface area contributed by atoms with Crippen molar-refractivity contribution in [2.45, 2.75) is 26.9 Å². The van der Waals surface area contributed by atoms with Crippen LogP contribution in [0.2, 0.25) is 0 Å². The second-order valence-electron chi connectivity index (χ2n) is 4.21. The first-order chi connectivity index (χ1) is 8.56. The fourth-order valence-corrected chi connectivity index (χ4v) is 1.61. The zero-order valence-electron chi connectivity index (χ0n) is 10.6. The summed E-state index contributed by atoms with van der Waals surface area (Å²) in [6.45, 7) is 5.29. The molecule has 18 heavy (non-hydrogen) atoms. The molecule has 1 aromatic heterocycles. The summed E-state index contributed by atoms with van der Waals surface area (Å²) in [5.74, 6) is 1.42. The zero-order chi connectivity index (χ0) is 13.1. The maximum Gasteiger partial charge on any atom is 0.177 e. The van der Waals surface area contributed by atoms with E-state index in [1.807, 2.05) is 19.9 Å². The van der Waals surface area contributed by atoms with Gasteiger partial charge in [-0.1, -0.05) is 5.16 Å². The van der Waals surface area contributed by atoms with E-state index in [4.69, 9.17) is 9.26 Å². The fraction of sp³-hybridized carbons (Fsp3) is 0.286. The molecule has 0 aliphatic heterocycles. The molecule has 2 rings (SSSR count). The molecule has 94 valence electrons. The van der Waals surface area contributed by atoms with E-state index >= 15 is 0 Å². The number of carbonyl (C=O) groups excluding carboxylic acids is 1. The Hall–Kier alpha value is -2.10. The largest absolute Gasteiger partial charge is 0.483 e. The van der Waals surface area contributed by atoms with Crippen LogP contribution in [-0.4, -0.2) is 10.9 Å². The number of ether oxygens (including phenoxy) is 1. The third-order valence-electron chi connectivity index (χ3n) is 2.62. The molecule has 0 N–H and O–H groups in total. The highest BCUT2D eigenvalue weighted by molar-refractivity contribution is 5.94. The normalized spacial score (nSPS) is 12.2. The average molecular weight is 245 g/mol. The SMILES string of the molecule is CC(=O)c1ccc(OC(C)c2cc(C)no2)cc1. The van der Waals surface area contributed by atoms with Crippen molar-refractivity contribution in [2.24, 2.45) is 0 Å². The van der Waals surface area contributed by atoms with E-state index < -0.39 is 0 Å². The number of aryl methyl sites for hydroxylation is 1. The van der Waals surface area contributed by atoms with Crippen molar-refractivity contribution in [1.29, 1.82) is 0 Å². The minimum Gasteiger partial charge on any atom is -0.483 e. The zero-order valence-corrected chi connectivity index (χ0v) is 10.6. The Balaban J connectivity index is 2.07. The predicted molar refractivity (Wildman–Crippen MR) is 66.7 cm³/mol. The summed E-state index contributed by atoms with van der Waals surface area (Å²) in [6.07, 6.45) is -0.214. The minimum atomic E-state index is -0.214. The summed E-state index contributed by atoms with van der Waals surface area (Å²) in [7, 11) is 0. The molecule has 0 fully saturated rings. The van der Waals surface area contributed by atoms with Gasteiger partial charge in [0.2, 0.25) is 0 Å². The van der Waals surface area contributed by atoms with E-state index in [0.717, 1.165) is 5.69 Å². The number of nitrogens with zero attached hydrogens (tertiary/aromatic N) is 1. The Labute approximate surface area is 106 Å². The van der Waals surface area contributed by atoms with Gasteiger partial charge in [0.05, 0.1) is 5.69 Å². The number of aromatic nitrogens is 1. The molecule has 0 radical (unpaired) electrons. The van der Waals surface area contributed by atoms with E-state index in [9.17, 15) is 4.79 Å². The first-order valence-corrected chi connectivity index (χ1v) is 5.77.